The number of nitrogens with zero attached hydrogens (tertiary/aromatic N) is 2. The highest BCUT2D eigenvalue weighted by Gasteiger charge is 2.41. The number of benzene rings is 2. The first-order chi connectivity index (χ1) is 14.4. The highest BCUT2D eigenvalue weighted by molar-refractivity contribution is 5.97. The molecule has 1 aliphatic rings. The molecule has 0 aromatic heterocycles. The number of hydrogen-bond acceptors (Lipinski definition) is 2. The number of hydrogen-bond donors (Lipinski definition) is 0. The van der Waals surface area contributed by atoms with Gasteiger partial charge in [0.2, 0.25) is 5.91 Å². The van der Waals surface area contributed by atoms with E-state index in [-0.39, 0.29) is 23.8 Å². The second kappa shape index (κ2) is 8.54. The Morgan fingerprint density at radius 3 is 2.29 bits per heavy atom. The van der Waals surface area contributed by atoms with Crippen molar-refractivity contribution in [1.82, 2.24) is 0 Å². The zero-order valence-electron chi connectivity index (χ0n) is 18.7. The van der Waals surface area contributed by atoms with E-state index < -0.39 is 17.7 Å². The van der Waals surface area contributed by atoms with Crippen LogP contribution in [-0.4, -0.2) is 51.7 Å². The number of likely N-dealkylation sites (N-methyl/N-ethyl adjacent to an activating group) is 1. The van der Waals surface area contributed by atoms with Gasteiger partial charge < -0.3 is 14.1 Å². The van der Waals surface area contributed by atoms with E-state index in [1.165, 1.54) is 6.07 Å². The van der Waals surface area contributed by atoms with Crippen molar-refractivity contribution in [2.45, 2.75) is 25.4 Å². The van der Waals surface area contributed by atoms with Crippen molar-refractivity contribution in [2.75, 3.05) is 46.2 Å². The van der Waals surface area contributed by atoms with Crippen molar-refractivity contribution in [1.29, 1.82) is 0 Å². The number of carbonyl (C=O) groups excluding carboxylic acids is 1. The van der Waals surface area contributed by atoms with Gasteiger partial charge in [-0.3, -0.25) is 4.79 Å². The van der Waals surface area contributed by atoms with Crippen LogP contribution in [0.2, 0.25) is 0 Å². The molecule has 0 radical (unpaired) electrons. The number of methoxy groups -OCH3 is 1. The molecular formula is C24H30F3N2O2+. The van der Waals surface area contributed by atoms with E-state index in [1.807, 2.05) is 40.2 Å². The summed E-state index contributed by atoms with van der Waals surface area (Å²) >= 11 is 0. The minimum absolute atomic E-state index is 0.144. The van der Waals surface area contributed by atoms with Gasteiger partial charge in [-0.25, -0.2) is 0 Å². The first kappa shape index (κ1) is 23.1. The lowest BCUT2D eigenvalue weighted by Gasteiger charge is -2.31. The van der Waals surface area contributed by atoms with Crippen LogP contribution in [0.5, 0.6) is 5.75 Å². The van der Waals surface area contributed by atoms with E-state index in [4.69, 9.17) is 4.74 Å². The number of amides is 1. The maximum Gasteiger partial charge on any atom is 0.416 e. The largest absolute Gasteiger partial charge is 0.497 e. The number of ether oxygens (including phenoxy) is 1. The summed E-state index contributed by atoms with van der Waals surface area (Å²) in [5, 5.41) is 0. The maximum absolute atomic E-state index is 13.9. The molecule has 0 aliphatic carbocycles. The average molecular weight is 436 g/mol. The summed E-state index contributed by atoms with van der Waals surface area (Å²) in [6.45, 7) is 2.80. The van der Waals surface area contributed by atoms with Gasteiger partial charge in [-0.2, -0.15) is 13.2 Å². The van der Waals surface area contributed by atoms with Crippen molar-refractivity contribution in [3.8, 4) is 5.75 Å². The summed E-state index contributed by atoms with van der Waals surface area (Å²) in [7, 11) is 7.56. The van der Waals surface area contributed by atoms with Gasteiger partial charge in [0.25, 0.3) is 0 Å². The van der Waals surface area contributed by atoms with Crippen LogP contribution in [0.4, 0.5) is 18.9 Å². The van der Waals surface area contributed by atoms with Crippen molar-refractivity contribution >= 4 is 11.6 Å². The molecule has 31 heavy (non-hydrogen) atoms. The van der Waals surface area contributed by atoms with Crippen LogP contribution in [0.3, 0.4) is 0 Å². The molecule has 0 spiro atoms. The third-order valence-electron chi connectivity index (χ3n) is 5.97. The van der Waals surface area contributed by atoms with E-state index in [0.29, 0.717) is 29.0 Å². The number of halogens is 3. The Balaban J connectivity index is 2.13. The molecule has 0 bridgehead atoms. The Labute approximate surface area is 181 Å². The SMILES string of the molecule is COc1ccc([C@@H]2Cc3c(cccc3C(F)(F)F)N(CC[N+](C)(C)C)C(=O)[C@@H]2C)cc1. The predicted molar refractivity (Wildman–Crippen MR) is 115 cm³/mol. The molecule has 2 aromatic carbocycles. The molecule has 0 fully saturated rings. The lowest BCUT2D eigenvalue weighted by molar-refractivity contribution is -0.868. The summed E-state index contributed by atoms with van der Waals surface area (Å²) in [6.07, 6.45) is -4.34. The topological polar surface area (TPSA) is 29.5 Å². The van der Waals surface area contributed by atoms with Crippen molar-refractivity contribution in [3.05, 3.63) is 59.2 Å². The van der Waals surface area contributed by atoms with Crippen molar-refractivity contribution < 1.29 is 27.2 Å². The fourth-order valence-electron chi connectivity index (χ4n) is 4.13. The van der Waals surface area contributed by atoms with Gasteiger partial charge in [-0.05, 0) is 47.7 Å². The van der Waals surface area contributed by atoms with E-state index >= 15 is 0 Å². The molecule has 2 atom stereocenters. The molecule has 0 saturated carbocycles. The summed E-state index contributed by atoms with van der Waals surface area (Å²) in [5.74, 6) is -0.311. The first-order valence-electron chi connectivity index (χ1n) is 10.4. The number of carbonyl (C=O) groups is 1. The minimum atomic E-state index is -4.49. The fraction of sp³-hybridized carbons (Fsp3) is 0.458. The Hall–Kier alpha value is -2.54. The molecule has 7 heteroatoms. The number of fused-ring (bicyclic) bond motifs is 1. The van der Waals surface area contributed by atoms with E-state index in [2.05, 4.69) is 0 Å². The average Bonchev–Trinajstić information content (AvgIpc) is 2.80. The third kappa shape index (κ3) is 5.03. The molecule has 4 nitrogen and oxygen atoms in total. The molecule has 3 rings (SSSR count). The Bertz CT molecular complexity index is 933. The standard InChI is InChI=1S/C24H30F3N2O2/c1-16-19(17-9-11-18(31-5)12-10-17)15-20-21(24(25,26)27)7-6-8-22(20)28(23(16)30)13-14-29(2,3)4/h6-12,16,19H,13-15H2,1-5H3/q+1/t16-,19-/m1/s1. The van der Waals surface area contributed by atoms with Gasteiger partial charge in [-0.1, -0.05) is 25.1 Å². The van der Waals surface area contributed by atoms with Gasteiger partial charge in [0.1, 0.15) is 5.75 Å². The predicted octanol–water partition coefficient (Wildman–Crippen LogP) is 4.73. The van der Waals surface area contributed by atoms with Gasteiger partial charge >= 0.3 is 6.18 Å². The van der Waals surface area contributed by atoms with Crippen LogP contribution in [0.15, 0.2) is 42.5 Å². The molecule has 1 aliphatic heterocycles. The molecule has 0 N–H and O–H groups in total. The van der Waals surface area contributed by atoms with E-state index in [9.17, 15) is 18.0 Å². The smallest absolute Gasteiger partial charge is 0.416 e. The molecule has 1 heterocycles. The summed E-state index contributed by atoms with van der Waals surface area (Å²) in [6, 6.07) is 11.4. The highest BCUT2D eigenvalue weighted by atomic mass is 19.4. The molecule has 168 valence electrons. The lowest BCUT2D eigenvalue weighted by atomic mass is 9.82. The second-order valence-corrected chi connectivity index (χ2v) is 9.18. The van der Waals surface area contributed by atoms with Gasteiger partial charge in [0, 0.05) is 11.6 Å². The fourth-order valence-corrected chi connectivity index (χ4v) is 4.13. The van der Waals surface area contributed by atoms with E-state index in [1.54, 1.807) is 30.2 Å². The zero-order valence-corrected chi connectivity index (χ0v) is 18.7. The number of rotatable bonds is 5. The molecular weight excluding hydrogens is 405 g/mol. The molecule has 0 unspecified atom stereocenters. The number of alkyl halides is 3. The quantitative estimate of drug-likeness (QED) is 0.636. The molecule has 2 aromatic rings. The summed E-state index contributed by atoms with van der Waals surface area (Å²) in [4.78, 5) is 15.1. The van der Waals surface area contributed by atoms with Gasteiger partial charge in [0.15, 0.2) is 0 Å². The van der Waals surface area contributed by atoms with Gasteiger partial charge in [0.05, 0.1) is 46.9 Å². The Morgan fingerprint density at radius 1 is 1.10 bits per heavy atom. The maximum atomic E-state index is 13.9. The minimum Gasteiger partial charge on any atom is -0.497 e. The monoisotopic (exact) mass is 435 g/mol. The third-order valence-corrected chi connectivity index (χ3v) is 5.97. The normalized spacial score (nSPS) is 19.7. The van der Waals surface area contributed by atoms with Crippen LogP contribution < -0.4 is 9.64 Å². The summed E-state index contributed by atoms with van der Waals surface area (Å²) in [5.41, 5.74) is 0.727. The zero-order chi connectivity index (χ0) is 23.0. The van der Waals surface area contributed by atoms with Crippen LogP contribution in [0.1, 0.15) is 29.5 Å². The van der Waals surface area contributed by atoms with Crippen LogP contribution >= 0.6 is 0 Å². The molecule has 0 saturated heterocycles. The first-order valence-corrected chi connectivity index (χ1v) is 10.4. The van der Waals surface area contributed by atoms with Crippen LogP contribution in [0.25, 0.3) is 0 Å². The Morgan fingerprint density at radius 2 is 1.74 bits per heavy atom. The van der Waals surface area contributed by atoms with Crippen LogP contribution in [0, 0.1) is 5.92 Å². The van der Waals surface area contributed by atoms with Crippen LogP contribution in [-0.2, 0) is 17.4 Å². The lowest BCUT2D eigenvalue weighted by Crippen LogP contribution is -2.45. The second-order valence-electron chi connectivity index (χ2n) is 9.18. The number of quaternary nitrogens is 1. The Kier molecular flexibility index (Phi) is 6.37. The molecule has 1 amide bonds. The van der Waals surface area contributed by atoms with Crippen molar-refractivity contribution in [2.24, 2.45) is 5.92 Å². The van der Waals surface area contributed by atoms with Crippen molar-refractivity contribution in [3.63, 3.8) is 0 Å². The van der Waals surface area contributed by atoms with Gasteiger partial charge in [-0.15, -0.1) is 0 Å². The highest BCUT2D eigenvalue weighted by Crippen LogP contribution is 2.43. The number of anilines is 1. The van der Waals surface area contributed by atoms with E-state index in [0.717, 1.165) is 11.6 Å². The summed E-state index contributed by atoms with van der Waals surface area (Å²) < 4.78 is 47.5.